The van der Waals surface area contributed by atoms with E-state index in [0.717, 1.165) is 16.6 Å². The van der Waals surface area contributed by atoms with Gasteiger partial charge in [0.25, 0.3) is 0 Å². The average Bonchev–Trinajstić information content (AvgIpc) is 2.67. The first kappa shape index (κ1) is 13.4. The summed E-state index contributed by atoms with van der Waals surface area (Å²) in [6.45, 7) is 3.62. The molecule has 1 aliphatic rings. The molecule has 0 amide bonds. The molecule has 1 fully saturated rings. The highest BCUT2D eigenvalue weighted by Gasteiger charge is 2.40. The Morgan fingerprint density at radius 2 is 2.28 bits per heavy atom. The summed E-state index contributed by atoms with van der Waals surface area (Å²) in [5.41, 5.74) is 0.153. The standard InChI is InChI=1S/C13H16BrNO3/c1-13(12(17)18)4-5-15(8-13)7-9-6-10(14)2-3-11(9)16/h2-3,6,16H,4-5,7-8H2,1H3,(H,17,18). The lowest BCUT2D eigenvalue weighted by Gasteiger charge is -2.20. The summed E-state index contributed by atoms with van der Waals surface area (Å²) >= 11 is 3.37. The third-order valence-electron chi connectivity index (χ3n) is 3.50. The first-order valence-electron chi connectivity index (χ1n) is 5.84. The number of carboxylic acid groups (broad SMARTS) is 1. The zero-order valence-corrected chi connectivity index (χ0v) is 11.8. The first-order valence-corrected chi connectivity index (χ1v) is 6.63. The summed E-state index contributed by atoms with van der Waals surface area (Å²) in [5, 5.41) is 18.9. The molecule has 1 heterocycles. The third-order valence-corrected chi connectivity index (χ3v) is 4.00. The smallest absolute Gasteiger partial charge is 0.310 e. The fourth-order valence-corrected chi connectivity index (χ4v) is 2.70. The van der Waals surface area contributed by atoms with Crippen LogP contribution < -0.4 is 0 Å². The monoisotopic (exact) mass is 313 g/mol. The molecule has 2 rings (SSSR count). The minimum Gasteiger partial charge on any atom is -0.508 e. The van der Waals surface area contributed by atoms with Crippen molar-refractivity contribution in [2.75, 3.05) is 13.1 Å². The minimum absolute atomic E-state index is 0.252. The van der Waals surface area contributed by atoms with Crippen molar-refractivity contribution >= 4 is 21.9 Å². The summed E-state index contributed by atoms with van der Waals surface area (Å²) in [6.07, 6.45) is 0.650. The van der Waals surface area contributed by atoms with Gasteiger partial charge in [0.15, 0.2) is 0 Å². The molecule has 5 heteroatoms. The predicted octanol–water partition coefficient (Wildman–Crippen LogP) is 2.45. The van der Waals surface area contributed by atoms with Crippen LogP contribution in [0.1, 0.15) is 18.9 Å². The molecule has 0 radical (unpaired) electrons. The average molecular weight is 314 g/mol. The van der Waals surface area contributed by atoms with Gasteiger partial charge in [-0.3, -0.25) is 9.69 Å². The SMILES string of the molecule is CC1(C(=O)O)CCN(Cc2cc(Br)ccc2O)C1. The van der Waals surface area contributed by atoms with Gasteiger partial charge < -0.3 is 10.2 Å². The molecule has 18 heavy (non-hydrogen) atoms. The van der Waals surface area contributed by atoms with Crippen LogP contribution in [0.25, 0.3) is 0 Å². The zero-order valence-electron chi connectivity index (χ0n) is 10.2. The molecular weight excluding hydrogens is 298 g/mol. The molecule has 1 atom stereocenters. The maximum absolute atomic E-state index is 11.2. The summed E-state index contributed by atoms with van der Waals surface area (Å²) in [6, 6.07) is 5.29. The highest BCUT2D eigenvalue weighted by Crippen LogP contribution is 2.32. The minimum atomic E-state index is -0.747. The normalized spacial score (nSPS) is 24.3. The van der Waals surface area contributed by atoms with E-state index >= 15 is 0 Å². The third kappa shape index (κ3) is 2.67. The predicted molar refractivity (Wildman–Crippen MR) is 71.4 cm³/mol. The number of hydrogen-bond donors (Lipinski definition) is 2. The van der Waals surface area contributed by atoms with E-state index in [4.69, 9.17) is 0 Å². The molecule has 0 spiro atoms. The highest BCUT2D eigenvalue weighted by atomic mass is 79.9. The fraction of sp³-hybridized carbons (Fsp3) is 0.462. The van der Waals surface area contributed by atoms with Crippen molar-refractivity contribution in [3.8, 4) is 5.75 Å². The molecular formula is C13H16BrNO3. The van der Waals surface area contributed by atoms with Crippen LogP contribution in [0.4, 0.5) is 0 Å². The van der Waals surface area contributed by atoms with Crippen molar-refractivity contribution in [2.45, 2.75) is 19.9 Å². The Hall–Kier alpha value is -1.07. The van der Waals surface area contributed by atoms with E-state index in [0.29, 0.717) is 19.5 Å². The summed E-state index contributed by atoms with van der Waals surface area (Å²) < 4.78 is 0.912. The second-order valence-electron chi connectivity index (χ2n) is 5.10. The Bertz CT molecular complexity index is 477. The second kappa shape index (κ2) is 4.90. The Balaban J connectivity index is 2.08. The summed E-state index contributed by atoms with van der Waals surface area (Å²) in [4.78, 5) is 13.2. The number of benzene rings is 1. The number of carbonyl (C=O) groups is 1. The van der Waals surface area contributed by atoms with Gasteiger partial charge in [-0.25, -0.2) is 0 Å². The van der Waals surface area contributed by atoms with E-state index in [1.807, 2.05) is 6.07 Å². The Morgan fingerprint density at radius 1 is 1.56 bits per heavy atom. The molecule has 0 saturated carbocycles. The molecule has 1 aromatic rings. The van der Waals surface area contributed by atoms with E-state index in [-0.39, 0.29) is 5.75 Å². The van der Waals surface area contributed by atoms with Gasteiger partial charge in [-0.2, -0.15) is 0 Å². The Morgan fingerprint density at radius 3 is 2.89 bits per heavy atom. The van der Waals surface area contributed by atoms with Crippen LogP contribution in [0, 0.1) is 5.41 Å². The van der Waals surface area contributed by atoms with Crippen LogP contribution in [0.5, 0.6) is 5.75 Å². The number of rotatable bonds is 3. The van der Waals surface area contributed by atoms with Crippen molar-refractivity contribution in [3.63, 3.8) is 0 Å². The number of carboxylic acids is 1. The van der Waals surface area contributed by atoms with Gasteiger partial charge in [0.2, 0.25) is 0 Å². The van der Waals surface area contributed by atoms with Crippen molar-refractivity contribution in [3.05, 3.63) is 28.2 Å². The lowest BCUT2D eigenvalue weighted by atomic mass is 9.90. The van der Waals surface area contributed by atoms with Crippen molar-refractivity contribution in [1.82, 2.24) is 4.90 Å². The zero-order chi connectivity index (χ0) is 13.3. The van der Waals surface area contributed by atoms with Crippen LogP contribution in [-0.2, 0) is 11.3 Å². The van der Waals surface area contributed by atoms with E-state index in [1.165, 1.54) is 0 Å². The number of nitrogens with zero attached hydrogens (tertiary/aromatic N) is 1. The van der Waals surface area contributed by atoms with Gasteiger partial charge in [0.1, 0.15) is 5.75 Å². The molecule has 1 aromatic carbocycles. The number of phenols is 1. The molecule has 1 unspecified atom stereocenters. The fourth-order valence-electron chi connectivity index (χ4n) is 2.29. The quantitative estimate of drug-likeness (QED) is 0.900. The van der Waals surface area contributed by atoms with E-state index in [1.54, 1.807) is 19.1 Å². The van der Waals surface area contributed by atoms with Gasteiger partial charge >= 0.3 is 5.97 Å². The Labute approximate surface area is 114 Å². The molecule has 0 aromatic heterocycles. The molecule has 0 bridgehead atoms. The highest BCUT2D eigenvalue weighted by molar-refractivity contribution is 9.10. The summed E-state index contributed by atoms with van der Waals surface area (Å²) in [5.74, 6) is -0.495. The van der Waals surface area contributed by atoms with Crippen LogP contribution in [0.3, 0.4) is 0 Å². The lowest BCUT2D eigenvalue weighted by Crippen LogP contribution is -2.31. The lowest BCUT2D eigenvalue weighted by molar-refractivity contribution is -0.147. The van der Waals surface area contributed by atoms with Gasteiger partial charge in [0, 0.05) is 23.1 Å². The van der Waals surface area contributed by atoms with Crippen LogP contribution in [0.2, 0.25) is 0 Å². The molecule has 98 valence electrons. The van der Waals surface area contributed by atoms with Crippen molar-refractivity contribution in [2.24, 2.45) is 5.41 Å². The van der Waals surface area contributed by atoms with Gasteiger partial charge in [-0.15, -0.1) is 0 Å². The second-order valence-corrected chi connectivity index (χ2v) is 6.02. The van der Waals surface area contributed by atoms with Crippen molar-refractivity contribution < 1.29 is 15.0 Å². The largest absolute Gasteiger partial charge is 0.508 e. The van der Waals surface area contributed by atoms with E-state index in [9.17, 15) is 15.0 Å². The number of aliphatic carboxylic acids is 1. The molecule has 1 saturated heterocycles. The van der Waals surface area contributed by atoms with Crippen molar-refractivity contribution in [1.29, 1.82) is 0 Å². The number of halogens is 1. The van der Waals surface area contributed by atoms with E-state index in [2.05, 4.69) is 20.8 Å². The van der Waals surface area contributed by atoms with Gasteiger partial charge in [-0.1, -0.05) is 15.9 Å². The molecule has 0 aliphatic carbocycles. The number of aromatic hydroxyl groups is 1. The van der Waals surface area contributed by atoms with E-state index < -0.39 is 11.4 Å². The van der Waals surface area contributed by atoms with Crippen LogP contribution >= 0.6 is 15.9 Å². The number of hydrogen-bond acceptors (Lipinski definition) is 3. The van der Waals surface area contributed by atoms with Crippen LogP contribution in [0.15, 0.2) is 22.7 Å². The van der Waals surface area contributed by atoms with Crippen LogP contribution in [-0.4, -0.2) is 34.2 Å². The maximum Gasteiger partial charge on any atom is 0.310 e. The van der Waals surface area contributed by atoms with Gasteiger partial charge in [-0.05, 0) is 38.1 Å². The molecule has 2 N–H and O–H groups in total. The Kier molecular flexibility index (Phi) is 3.64. The molecule has 4 nitrogen and oxygen atoms in total. The maximum atomic E-state index is 11.2. The first-order chi connectivity index (χ1) is 8.40. The summed E-state index contributed by atoms with van der Waals surface area (Å²) in [7, 11) is 0. The number of likely N-dealkylation sites (tertiary alicyclic amines) is 1. The van der Waals surface area contributed by atoms with Gasteiger partial charge in [0.05, 0.1) is 5.41 Å². The molecule has 1 aliphatic heterocycles. The number of phenolic OH excluding ortho intramolecular Hbond substituents is 1. The topological polar surface area (TPSA) is 60.8 Å².